The van der Waals surface area contributed by atoms with Crippen molar-refractivity contribution < 1.29 is 4.39 Å². The van der Waals surface area contributed by atoms with Gasteiger partial charge in [-0.15, -0.1) is 0 Å². The van der Waals surface area contributed by atoms with E-state index < -0.39 is 0 Å². The van der Waals surface area contributed by atoms with Gasteiger partial charge in [0.25, 0.3) is 0 Å². The summed E-state index contributed by atoms with van der Waals surface area (Å²) in [6, 6.07) is 6.59. The van der Waals surface area contributed by atoms with Crippen molar-refractivity contribution >= 4 is 0 Å². The van der Waals surface area contributed by atoms with Crippen LogP contribution in [0.1, 0.15) is 30.9 Å². The lowest BCUT2D eigenvalue weighted by Gasteiger charge is -2.42. The molecular weight excluding hydrogens is 253 g/mol. The molecule has 0 aliphatic carbocycles. The molecule has 0 amide bonds. The second kappa shape index (κ2) is 5.80. The monoisotopic (exact) mass is 277 g/mol. The highest BCUT2D eigenvalue weighted by Gasteiger charge is 2.34. The van der Waals surface area contributed by atoms with E-state index in [1.165, 1.54) is 19.4 Å². The highest BCUT2D eigenvalue weighted by atomic mass is 19.1. The Hall–Kier alpha value is -0.970. The molecule has 2 aliphatic rings. The number of fused-ring (bicyclic) bond motifs is 1. The van der Waals surface area contributed by atoms with Crippen molar-refractivity contribution in [3.63, 3.8) is 0 Å². The van der Waals surface area contributed by atoms with Crippen molar-refractivity contribution in [2.45, 2.75) is 44.9 Å². The fourth-order valence-electron chi connectivity index (χ4n) is 3.53. The zero-order valence-electron chi connectivity index (χ0n) is 12.2. The SMILES string of the molecule is CC1CN2CCCC2CN1Cc1ccc(CN)cc1F. The third-order valence-corrected chi connectivity index (χ3v) is 4.79. The Bertz CT molecular complexity index is 477. The summed E-state index contributed by atoms with van der Waals surface area (Å²) in [5.74, 6) is -0.117. The summed E-state index contributed by atoms with van der Waals surface area (Å²) >= 11 is 0. The van der Waals surface area contributed by atoms with E-state index in [4.69, 9.17) is 5.73 Å². The molecule has 20 heavy (non-hydrogen) atoms. The van der Waals surface area contributed by atoms with Crippen molar-refractivity contribution in [3.05, 3.63) is 35.1 Å². The smallest absolute Gasteiger partial charge is 0.128 e. The summed E-state index contributed by atoms with van der Waals surface area (Å²) in [6.45, 7) is 6.78. The standard InChI is InChI=1S/C16H24FN3/c1-12-9-19-6-2-3-15(19)11-20(12)10-14-5-4-13(8-18)7-16(14)17/h4-5,7,12,15H,2-3,6,8-11,18H2,1H3. The first-order chi connectivity index (χ1) is 9.67. The van der Waals surface area contributed by atoms with Crippen molar-refractivity contribution in [1.82, 2.24) is 9.80 Å². The average Bonchev–Trinajstić information content (AvgIpc) is 2.88. The van der Waals surface area contributed by atoms with Crippen LogP contribution in [0.3, 0.4) is 0 Å². The third-order valence-electron chi connectivity index (χ3n) is 4.79. The van der Waals surface area contributed by atoms with Gasteiger partial charge in [0, 0.05) is 43.8 Å². The number of halogens is 1. The fraction of sp³-hybridized carbons (Fsp3) is 0.625. The third kappa shape index (κ3) is 2.73. The molecule has 4 heteroatoms. The lowest BCUT2D eigenvalue weighted by Crippen LogP contribution is -2.54. The first-order valence-corrected chi connectivity index (χ1v) is 7.63. The van der Waals surface area contributed by atoms with Crippen LogP contribution in [0.5, 0.6) is 0 Å². The first kappa shape index (κ1) is 14.0. The van der Waals surface area contributed by atoms with Gasteiger partial charge in [-0.3, -0.25) is 9.80 Å². The Morgan fingerprint density at radius 1 is 1.35 bits per heavy atom. The fourth-order valence-corrected chi connectivity index (χ4v) is 3.53. The van der Waals surface area contributed by atoms with E-state index in [2.05, 4.69) is 16.7 Å². The minimum absolute atomic E-state index is 0.117. The maximum atomic E-state index is 14.1. The van der Waals surface area contributed by atoms with Gasteiger partial charge in [0.2, 0.25) is 0 Å². The second-order valence-corrected chi connectivity index (χ2v) is 6.20. The van der Waals surface area contributed by atoms with Crippen LogP contribution in [0.4, 0.5) is 4.39 Å². The molecular formula is C16H24FN3. The molecule has 2 heterocycles. The van der Waals surface area contributed by atoms with E-state index in [1.54, 1.807) is 6.07 Å². The van der Waals surface area contributed by atoms with Gasteiger partial charge < -0.3 is 5.73 Å². The van der Waals surface area contributed by atoms with E-state index in [-0.39, 0.29) is 5.82 Å². The Morgan fingerprint density at radius 3 is 2.95 bits per heavy atom. The minimum atomic E-state index is -0.117. The van der Waals surface area contributed by atoms with Crippen LogP contribution in [-0.2, 0) is 13.1 Å². The topological polar surface area (TPSA) is 32.5 Å². The summed E-state index contributed by atoms with van der Waals surface area (Å²) in [5.41, 5.74) is 7.20. The summed E-state index contributed by atoms with van der Waals surface area (Å²) in [6.07, 6.45) is 2.60. The minimum Gasteiger partial charge on any atom is -0.326 e. The summed E-state index contributed by atoms with van der Waals surface area (Å²) in [7, 11) is 0. The first-order valence-electron chi connectivity index (χ1n) is 7.63. The van der Waals surface area contributed by atoms with Crippen LogP contribution in [-0.4, -0.2) is 41.5 Å². The summed E-state index contributed by atoms with van der Waals surface area (Å²) < 4.78 is 14.1. The van der Waals surface area contributed by atoms with E-state index in [0.29, 0.717) is 25.2 Å². The molecule has 0 aromatic heterocycles. The van der Waals surface area contributed by atoms with Gasteiger partial charge >= 0.3 is 0 Å². The van der Waals surface area contributed by atoms with Gasteiger partial charge in [-0.1, -0.05) is 12.1 Å². The molecule has 2 atom stereocenters. The molecule has 2 aliphatic heterocycles. The summed E-state index contributed by atoms with van der Waals surface area (Å²) in [4.78, 5) is 5.02. The quantitative estimate of drug-likeness (QED) is 0.916. The largest absolute Gasteiger partial charge is 0.326 e. The van der Waals surface area contributed by atoms with Gasteiger partial charge in [-0.2, -0.15) is 0 Å². The Morgan fingerprint density at radius 2 is 2.20 bits per heavy atom. The number of hydrogen-bond donors (Lipinski definition) is 1. The highest BCUT2D eigenvalue weighted by Crippen LogP contribution is 2.26. The molecule has 2 N–H and O–H groups in total. The molecule has 110 valence electrons. The molecule has 0 radical (unpaired) electrons. The number of nitrogens with zero attached hydrogens (tertiary/aromatic N) is 2. The van der Waals surface area contributed by atoms with Gasteiger partial charge in [0.05, 0.1) is 0 Å². The average molecular weight is 277 g/mol. The molecule has 1 aromatic carbocycles. The van der Waals surface area contributed by atoms with Crippen LogP contribution >= 0.6 is 0 Å². The van der Waals surface area contributed by atoms with E-state index in [9.17, 15) is 4.39 Å². The number of nitrogens with two attached hydrogens (primary N) is 1. The molecule has 3 nitrogen and oxygen atoms in total. The van der Waals surface area contributed by atoms with E-state index >= 15 is 0 Å². The maximum Gasteiger partial charge on any atom is 0.128 e. The molecule has 0 bridgehead atoms. The predicted octanol–water partition coefficient (Wildman–Crippen LogP) is 1.95. The second-order valence-electron chi connectivity index (χ2n) is 6.20. The summed E-state index contributed by atoms with van der Waals surface area (Å²) in [5, 5.41) is 0. The van der Waals surface area contributed by atoms with Gasteiger partial charge in [-0.25, -0.2) is 4.39 Å². The highest BCUT2D eigenvalue weighted by molar-refractivity contribution is 5.24. The zero-order valence-corrected chi connectivity index (χ0v) is 12.2. The zero-order chi connectivity index (χ0) is 14.1. The van der Waals surface area contributed by atoms with E-state index in [1.807, 2.05) is 12.1 Å². The maximum absolute atomic E-state index is 14.1. The Balaban J connectivity index is 1.70. The molecule has 2 unspecified atom stereocenters. The molecule has 2 saturated heterocycles. The lowest BCUT2D eigenvalue weighted by atomic mass is 10.1. The molecule has 1 aromatic rings. The van der Waals surface area contributed by atoms with Crippen LogP contribution in [0.2, 0.25) is 0 Å². The molecule has 0 saturated carbocycles. The van der Waals surface area contributed by atoms with Crippen LogP contribution in [0.25, 0.3) is 0 Å². The molecule has 2 fully saturated rings. The van der Waals surface area contributed by atoms with Gasteiger partial charge in [0.15, 0.2) is 0 Å². The van der Waals surface area contributed by atoms with Crippen molar-refractivity contribution in [3.8, 4) is 0 Å². The Kier molecular flexibility index (Phi) is 4.06. The number of benzene rings is 1. The lowest BCUT2D eigenvalue weighted by molar-refractivity contribution is 0.0533. The van der Waals surface area contributed by atoms with Crippen LogP contribution < -0.4 is 5.73 Å². The van der Waals surface area contributed by atoms with E-state index in [0.717, 1.165) is 24.2 Å². The van der Waals surface area contributed by atoms with Crippen LogP contribution in [0.15, 0.2) is 18.2 Å². The number of hydrogen-bond acceptors (Lipinski definition) is 3. The van der Waals surface area contributed by atoms with Crippen LogP contribution in [0, 0.1) is 5.82 Å². The Labute approximate surface area is 120 Å². The van der Waals surface area contributed by atoms with Gasteiger partial charge in [-0.05, 0) is 37.9 Å². The molecule has 3 rings (SSSR count). The number of piperazine rings is 1. The molecule has 0 spiro atoms. The normalized spacial score (nSPS) is 27.8. The van der Waals surface area contributed by atoms with Gasteiger partial charge in [0.1, 0.15) is 5.82 Å². The van der Waals surface area contributed by atoms with Crippen molar-refractivity contribution in [2.75, 3.05) is 19.6 Å². The predicted molar refractivity (Wildman–Crippen MR) is 78.8 cm³/mol. The van der Waals surface area contributed by atoms with Crippen molar-refractivity contribution in [2.24, 2.45) is 5.73 Å². The number of rotatable bonds is 3. The van der Waals surface area contributed by atoms with Crippen molar-refractivity contribution in [1.29, 1.82) is 0 Å².